The molecule has 19 heavy (non-hydrogen) atoms. The normalized spacial score (nSPS) is 12.6. The van der Waals surface area contributed by atoms with Crippen molar-refractivity contribution in [3.05, 3.63) is 11.7 Å². The SMILES string of the molecule is CC(C)NCc1nc(COCC(F)(F)C(F)F)no1. The zero-order chi connectivity index (χ0) is 14.5. The molecular formula is C10H15F4N3O2. The predicted octanol–water partition coefficient (Wildman–Crippen LogP) is 1.98. The van der Waals surface area contributed by atoms with Crippen LogP contribution in [0.1, 0.15) is 25.6 Å². The summed E-state index contributed by atoms with van der Waals surface area (Å²) >= 11 is 0. The maximum atomic E-state index is 12.5. The topological polar surface area (TPSA) is 60.2 Å². The Hall–Kier alpha value is -1.22. The van der Waals surface area contributed by atoms with Crippen LogP contribution in [0.4, 0.5) is 17.6 Å². The summed E-state index contributed by atoms with van der Waals surface area (Å²) in [6, 6.07) is 0.219. The molecule has 0 atom stereocenters. The molecule has 9 heteroatoms. The average Bonchev–Trinajstić information content (AvgIpc) is 2.74. The largest absolute Gasteiger partial charge is 0.367 e. The van der Waals surface area contributed by atoms with E-state index in [-0.39, 0.29) is 17.8 Å². The van der Waals surface area contributed by atoms with Gasteiger partial charge in [0.2, 0.25) is 5.89 Å². The number of nitrogens with zero attached hydrogens (tertiary/aromatic N) is 2. The molecule has 0 saturated heterocycles. The van der Waals surface area contributed by atoms with Gasteiger partial charge in [-0.2, -0.15) is 13.8 Å². The van der Waals surface area contributed by atoms with Gasteiger partial charge >= 0.3 is 12.3 Å². The van der Waals surface area contributed by atoms with E-state index < -0.39 is 25.6 Å². The summed E-state index contributed by atoms with van der Waals surface area (Å²) in [4.78, 5) is 3.85. The molecule has 1 aromatic rings. The Morgan fingerprint density at radius 1 is 1.37 bits per heavy atom. The predicted molar refractivity (Wildman–Crippen MR) is 56.9 cm³/mol. The van der Waals surface area contributed by atoms with Crippen LogP contribution in [0.2, 0.25) is 0 Å². The van der Waals surface area contributed by atoms with Crippen LogP contribution in [0.15, 0.2) is 4.52 Å². The van der Waals surface area contributed by atoms with E-state index in [1.54, 1.807) is 0 Å². The van der Waals surface area contributed by atoms with Crippen LogP contribution < -0.4 is 5.32 Å². The molecule has 0 bridgehead atoms. The Morgan fingerprint density at radius 3 is 2.63 bits per heavy atom. The monoisotopic (exact) mass is 285 g/mol. The molecule has 1 heterocycles. The minimum absolute atomic E-state index is 0.0330. The fourth-order valence-electron chi connectivity index (χ4n) is 1.05. The van der Waals surface area contributed by atoms with Gasteiger partial charge in [-0.3, -0.25) is 0 Å². The van der Waals surface area contributed by atoms with Crippen molar-refractivity contribution in [2.45, 2.75) is 45.4 Å². The van der Waals surface area contributed by atoms with Crippen molar-refractivity contribution in [2.24, 2.45) is 0 Å². The number of hydrogen-bond acceptors (Lipinski definition) is 5. The molecule has 0 aromatic carbocycles. The number of hydrogen-bond donors (Lipinski definition) is 1. The van der Waals surface area contributed by atoms with Crippen molar-refractivity contribution in [1.29, 1.82) is 0 Å². The summed E-state index contributed by atoms with van der Waals surface area (Å²) in [7, 11) is 0. The van der Waals surface area contributed by atoms with Crippen molar-refractivity contribution in [3.8, 4) is 0 Å². The van der Waals surface area contributed by atoms with Gasteiger partial charge in [-0.05, 0) is 0 Å². The third-order valence-electron chi connectivity index (χ3n) is 2.02. The van der Waals surface area contributed by atoms with E-state index in [1.165, 1.54) is 0 Å². The molecule has 0 spiro atoms. The summed E-state index contributed by atoms with van der Waals surface area (Å²) in [6.45, 7) is 2.38. The molecule has 0 amide bonds. The van der Waals surface area contributed by atoms with Crippen LogP contribution in [-0.2, 0) is 17.9 Å². The van der Waals surface area contributed by atoms with Crippen LogP contribution >= 0.6 is 0 Å². The third-order valence-corrected chi connectivity index (χ3v) is 2.02. The van der Waals surface area contributed by atoms with Crippen molar-refractivity contribution in [1.82, 2.24) is 15.5 Å². The highest BCUT2D eigenvalue weighted by molar-refractivity contribution is 4.84. The summed E-state index contributed by atoms with van der Waals surface area (Å²) in [6.07, 6.45) is -3.76. The molecule has 1 rings (SSSR count). The second-order valence-electron chi connectivity index (χ2n) is 4.19. The van der Waals surface area contributed by atoms with Crippen LogP contribution in [0.3, 0.4) is 0 Å². The second kappa shape index (κ2) is 6.80. The van der Waals surface area contributed by atoms with Crippen LogP contribution in [-0.4, -0.2) is 35.1 Å². The van der Waals surface area contributed by atoms with Crippen LogP contribution in [0, 0.1) is 0 Å². The maximum Gasteiger partial charge on any atom is 0.330 e. The van der Waals surface area contributed by atoms with Crippen molar-refractivity contribution < 1.29 is 26.8 Å². The molecule has 0 aliphatic heterocycles. The highest BCUT2D eigenvalue weighted by Crippen LogP contribution is 2.23. The van der Waals surface area contributed by atoms with Gasteiger partial charge in [0.05, 0.1) is 6.54 Å². The molecule has 110 valence electrons. The molecule has 0 radical (unpaired) electrons. The average molecular weight is 285 g/mol. The van der Waals surface area contributed by atoms with Crippen LogP contribution in [0.25, 0.3) is 0 Å². The van der Waals surface area contributed by atoms with Gasteiger partial charge in [-0.25, -0.2) is 8.78 Å². The first kappa shape index (κ1) is 15.8. The smallest absolute Gasteiger partial charge is 0.330 e. The van der Waals surface area contributed by atoms with E-state index in [0.29, 0.717) is 6.54 Å². The number of halogens is 4. The van der Waals surface area contributed by atoms with Crippen molar-refractivity contribution >= 4 is 0 Å². The molecule has 5 nitrogen and oxygen atoms in total. The number of rotatable bonds is 8. The van der Waals surface area contributed by atoms with Gasteiger partial charge in [0.15, 0.2) is 5.82 Å². The summed E-state index contributed by atoms with van der Waals surface area (Å²) in [5.41, 5.74) is 0. The molecule has 0 aliphatic rings. The first-order chi connectivity index (χ1) is 8.81. The lowest BCUT2D eigenvalue weighted by molar-refractivity contribution is -0.168. The third kappa shape index (κ3) is 5.52. The van der Waals surface area contributed by atoms with E-state index >= 15 is 0 Å². The van der Waals surface area contributed by atoms with E-state index in [1.807, 2.05) is 13.8 Å². The summed E-state index contributed by atoms with van der Waals surface area (Å²) in [5, 5.41) is 6.49. The maximum absolute atomic E-state index is 12.5. The minimum atomic E-state index is -4.17. The number of alkyl halides is 4. The van der Waals surface area contributed by atoms with E-state index in [4.69, 9.17) is 4.52 Å². The quantitative estimate of drug-likeness (QED) is 0.740. The molecule has 0 saturated carbocycles. The molecule has 1 aromatic heterocycles. The fraction of sp³-hybridized carbons (Fsp3) is 0.800. The molecular weight excluding hydrogens is 270 g/mol. The lowest BCUT2D eigenvalue weighted by atomic mass is 10.4. The van der Waals surface area contributed by atoms with E-state index in [2.05, 4.69) is 20.2 Å². The van der Waals surface area contributed by atoms with Gasteiger partial charge < -0.3 is 14.6 Å². The van der Waals surface area contributed by atoms with Gasteiger partial charge in [-0.15, -0.1) is 0 Å². The summed E-state index contributed by atoms with van der Waals surface area (Å²) < 4.78 is 57.9. The van der Waals surface area contributed by atoms with Crippen molar-refractivity contribution in [2.75, 3.05) is 6.61 Å². The molecule has 0 fully saturated rings. The standard InChI is InChI=1S/C10H15F4N3O2/c1-6(2)15-3-8-16-7(17-19-8)4-18-5-10(13,14)9(11)12/h6,9,15H,3-5H2,1-2H3. The van der Waals surface area contributed by atoms with Gasteiger partial charge in [0, 0.05) is 6.04 Å². The highest BCUT2D eigenvalue weighted by Gasteiger charge is 2.41. The zero-order valence-corrected chi connectivity index (χ0v) is 10.5. The highest BCUT2D eigenvalue weighted by atomic mass is 19.3. The Labute approximate surface area is 107 Å². The van der Waals surface area contributed by atoms with Gasteiger partial charge in [0.25, 0.3) is 0 Å². The summed E-state index contributed by atoms with van der Waals surface area (Å²) in [5.74, 6) is -3.87. The Bertz CT molecular complexity index is 385. The van der Waals surface area contributed by atoms with E-state index in [9.17, 15) is 17.6 Å². The lowest BCUT2D eigenvalue weighted by Crippen LogP contribution is -2.32. The number of ether oxygens (including phenoxy) is 1. The Kier molecular flexibility index (Phi) is 5.67. The number of nitrogens with one attached hydrogen (secondary N) is 1. The fourth-order valence-corrected chi connectivity index (χ4v) is 1.05. The lowest BCUT2D eigenvalue weighted by Gasteiger charge is -2.14. The van der Waals surface area contributed by atoms with Gasteiger partial charge in [-0.1, -0.05) is 19.0 Å². The zero-order valence-electron chi connectivity index (χ0n) is 10.5. The first-order valence-electron chi connectivity index (χ1n) is 5.60. The minimum Gasteiger partial charge on any atom is -0.367 e. The van der Waals surface area contributed by atoms with E-state index in [0.717, 1.165) is 0 Å². The molecule has 0 aliphatic carbocycles. The first-order valence-corrected chi connectivity index (χ1v) is 5.60. The van der Waals surface area contributed by atoms with Crippen molar-refractivity contribution in [3.63, 3.8) is 0 Å². The number of aromatic nitrogens is 2. The molecule has 0 unspecified atom stereocenters. The second-order valence-corrected chi connectivity index (χ2v) is 4.19. The van der Waals surface area contributed by atoms with Crippen LogP contribution in [0.5, 0.6) is 0 Å². The van der Waals surface area contributed by atoms with Gasteiger partial charge in [0.1, 0.15) is 13.2 Å². The molecule has 1 N–H and O–H groups in total. The Balaban J connectivity index is 2.34. The Morgan fingerprint density at radius 2 is 2.05 bits per heavy atom.